The molecule has 0 radical (unpaired) electrons. The summed E-state index contributed by atoms with van der Waals surface area (Å²) in [6.45, 7) is 2.35. The molecule has 1 aromatic carbocycles. The first kappa shape index (κ1) is 13.8. The standard InChI is InChI=1S/C13H13ClFNO3/c1-7-5-16(6-9(7)13(18)19)12(17)8-2-3-11(15)10(14)4-8/h2-4,7,9H,5-6H2,1H3,(H,18,19)/t7-,9-/m1/s1. The summed E-state index contributed by atoms with van der Waals surface area (Å²) >= 11 is 5.63. The largest absolute Gasteiger partial charge is 0.481 e. The molecule has 1 aliphatic heterocycles. The van der Waals surface area contributed by atoms with Crippen LogP contribution in [0.5, 0.6) is 0 Å². The molecule has 1 amide bonds. The second-order valence-corrected chi connectivity index (χ2v) is 5.17. The zero-order chi connectivity index (χ0) is 14.2. The summed E-state index contributed by atoms with van der Waals surface area (Å²) in [5, 5.41) is 8.91. The van der Waals surface area contributed by atoms with Gasteiger partial charge in [-0.3, -0.25) is 9.59 Å². The number of carboxylic acid groups (broad SMARTS) is 1. The molecule has 0 aromatic heterocycles. The molecule has 0 saturated carbocycles. The van der Waals surface area contributed by atoms with Crippen LogP contribution in [-0.2, 0) is 4.79 Å². The van der Waals surface area contributed by atoms with E-state index in [4.69, 9.17) is 16.7 Å². The van der Waals surface area contributed by atoms with Crippen LogP contribution in [-0.4, -0.2) is 35.0 Å². The topological polar surface area (TPSA) is 57.6 Å². The van der Waals surface area contributed by atoms with E-state index in [0.717, 1.165) is 6.07 Å². The lowest BCUT2D eigenvalue weighted by atomic mass is 9.99. The molecule has 2 atom stereocenters. The average molecular weight is 286 g/mol. The number of aliphatic carboxylic acids is 1. The zero-order valence-corrected chi connectivity index (χ0v) is 11.0. The molecule has 0 bridgehead atoms. The van der Waals surface area contributed by atoms with E-state index in [-0.39, 0.29) is 29.0 Å². The Labute approximate surface area is 114 Å². The predicted molar refractivity (Wildman–Crippen MR) is 67.6 cm³/mol. The summed E-state index contributed by atoms with van der Waals surface area (Å²) in [6.07, 6.45) is 0. The lowest BCUT2D eigenvalue weighted by molar-refractivity contribution is -0.142. The number of amides is 1. The molecule has 0 spiro atoms. The third kappa shape index (κ3) is 2.71. The van der Waals surface area contributed by atoms with Crippen molar-refractivity contribution < 1.29 is 19.1 Å². The van der Waals surface area contributed by atoms with Gasteiger partial charge < -0.3 is 10.0 Å². The minimum atomic E-state index is -0.903. The summed E-state index contributed by atoms with van der Waals surface area (Å²) < 4.78 is 13.0. The smallest absolute Gasteiger partial charge is 0.308 e. The number of likely N-dealkylation sites (tertiary alicyclic amines) is 1. The summed E-state index contributed by atoms with van der Waals surface area (Å²) in [6, 6.07) is 3.74. The first-order valence-electron chi connectivity index (χ1n) is 5.87. The molecule has 1 N–H and O–H groups in total. The van der Waals surface area contributed by atoms with Crippen LogP contribution in [0.4, 0.5) is 4.39 Å². The van der Waals surface area contributed by atoms with Crippen molar-refractivity contribution in [2.45, 2.75) is 6.92 Å². The Balaban J connectivity index is 2.17. The monoisotopic (exact) mass is 285 g/mol. The second kappa shape index (κ2) is 5.17. The van der Waals surface area contributed by atoms with Crippen molar-refractivity contribution in [1.82, 2.24) is 4.90 Å². The summed E-state index contributed by atoms with van der Waals surface area (Å²) in [5.74, 6) is -2.47. The van der Waals surface area contributed by atoms with Gasteiger partial charge in [0, 0.05) is 18.7 Å². The number of carboxylic acids is 1. The fourth-order valence-corrected chi connectivity index (χ4v) is 2.45. The number of hydrogen-bond acceptors (Lipinski definition) is 2. The Morgan fingerprint density at radius 1 is 1.42 bits per heavy atom. The Kier molecular flexibility index (Phi) is 3.75. The molecule has 0 aliphatic carbocycles. The van der Waals surface area contributed by atoms with Crippen LogP contribution >= 0.6 is 11.6 Å². The van der Waals surface area contributed by atoms with E-state index in [9.17, 15) is 14.0 Å². The van der Waals surface area contributed by atoms with Gasteiger partial charge in [0.2, 0.25) is 0 Å². The lowest BCUT2D eigenvalue weighted by Gasteiger charge is -2.16. The van der Waals surface area contributed by atoms with Crippen molar-refractivity contribution >= 4 is 23.5 Å². The van der Waals surface area contributed by atoms with E-state index in [0.29, 0.717) is 6.54 Å². The van der Waals surface area contributed by atoms with Crippen molar-refractivity contribution in [3.63, 3.8) is 0 Å². The van der Waals surface area contributed by atoms with Gasteiger partial charge >= 0.3 is 5.97 Å². The van der Waals surface area contributed by atoms with Gasteiger partial charge in [-0.25, -0.2) is 4.39 Å². The molecule has 2 rings (SSSR count). The van der Waals surface area contributed by atoms with Gasteiger partial charge in [0.15, 0.2) is 0 Å². The third-order valence-electron chi connectivity index (χ3n) is 3.38. The minimum Gasteiger partial charge on any atom is -0.481 e. The minimum absolute atomic E-state index is 0.0997. The molecular formula is C13H13ClFNO3. The van der Waals surface area contributed by atoms with E-state index in [1.165, 1.54) is 17.0 Å². The maximum absolute atomic E-state index is 13.0. The molecule has 102 valence electrons. The van der Waals surface area contributed by atoms with Crippen molar-refractivity contribution in [2.75, 3.05) is 13.1 Å². The maximum Gasteiger partial charge on any atom is 0.308 e. The molecule has 4 nitrogen and oxygen atoms in total. The van der Waals surface area contributed by atoms with Gasteiger partial charge in [0.1, 0.15) is 5.82 Å². The molecule has 1 fully saturated rings. The number of rotatable bonds is 2. The van der Waals surface area contributed by atoms with E-state index in [1.807, 2.05) is 0 Å². The van der Waals surface area contributed by atoms with E-state index < -0.39 is 17.7 Å². The second-order valence-electron chi connectivity index (χ2n) is 4.76. The molecule has 0 unspecified atom stereocenters. The highest BCUT2D eigenvalue weighted by Gasteiger charge is 2.37. The third-order valence-corrected chi connectivity index (χ3v) is 3.67. The molecule has 1 aliphatic rings. The number of halogens is 2. The first-order valence-corrected chi connectivity index (χ1v) is 6.25. The van der Waals surface area contributed by atoms with Gasteiger partial charge in [-0.05, 0) is 24.1 Å². The highest BCUT2D eigenvalue weighted by atomic mass is 35.5. The molecule has 1 saturated heterocycles. The van der Waals surface area contributed by atoms with Crippen molar-refractivity contribution in [2.24, 2.45) is 11.8 Å². The van der Waals surface area contributed by atoms with E-state index >= 15 is 0 Å². The van der Waals surface area contributed by atoms with Crippen molar-refractivity contribution in [1.29, 1.82) is 0 Å². The molecular weight excluding hydrogens is 273 g/mol. The van der Waals surface area contributed by atoms with Gasteiger partial charge in [-0.1, -0.05) is 18.5 Å². The molecule has 6 heteroatoms. The number of hydrogen-bond donors (Lipinski definition) is 1. The number of benzene rings is 1. The van der Waals surface area contributed by atoms with Crippen LogP contribution in [0, 0.1) is 17.7 Å². The van der Waals surface area contributed by atoms with Crippen LogP contribution in [0.25, 0.3) is 0 Å². The highest BCUT2D eigenvalue weighted by molar-refractivity contribution is 6.31. The van der Waals surface area contributed by atoms with E-state index in [2.05, 4.69) is 0 Å². The number of carbonyl (C=O) groups is 2. The van der Waals surface area contributed by atoms with Gasteiger partial charge in [-0.2, -0.15) is 0 Å². The summed E-state index contributed by atoms with van der Waals surface area (Å²) in [4.78, 5) is 24.6. The van der Waals surface area contributed by atoms with Gasteiger partial charge in [0.05, 0.1) is 10.9 Å². The van der Waals surface area contributed by atoms with Crippen LogP contribution in [0.15, 0.2) is 18.2 Å². The van der Waals surface area contributed by atoms with Crippen LogP contribution in [0.2, 0.25) is 5.02 Å². The Morgan fingerprint density at radius 2 is 2.11 bits per heavy atom. The summed E-state index contributed by atoms with van der Waals surface area (Å²) in [5.41, 5.74) is 0.268. The molecule has 1 heterocycles. The average Bonchev–Trinajstić information content (AvgIpc) is 2.74. The predicted octanol–water partition coefficient (Wildman–Crippen LogP) is 2.27. The SMILES string of the molecule is C[C@@H]1CN(C(=O)c2ccc(F)c(Cl)c2)C[C@H]1C(=O)O. The normalized spacial score (nSPS) is 22.6. The highest BCUT2D eigenvalue weighted by Crippen LogP contribution is 2.25. The fraction of sp³-hybridized carbons (Fsp3) is 0.385. The quantitative estimate of drug-likeness (QED) is 0.907. The Bertz CT molecular complexity index is 535. The van der Waals surface area contributed by atoms with Crippen LogP contribution in [0.3, 0.4) is 0 Å². The molecule has 19 heavy (non-hydrogen) atoms. The van der Waals surface area contributed by atoms with E-state index in [1.54, 1.807) is 6.92 Å². The maximum atomic E-state index is 13.0. The Morgan fingerprint density at radius 3 is 2.63 bits per heavy atom. The zero-order valence-electron chi connectivity index (χ0n) is 10.3. The van der Waals surface area contributed by atoms with Crippen LogP contribution < -0.4 is 0 Å². The van der Waals surface area contributed by atoms with Gasteiger partial charge in [-0.15, -0.1) is 0 Å². The van der Waals surface area contributed by atoms with Crippen molar-refractivity contribution in [3.05, 3.63) is 34.6 Å². The number of nitrogens with zero attached hydrogens (tertiary/aromatic N) is 1. The summed E-state index contributed by atoms with van der Waals surface area (Å²) in [7, 11) is 0. The lowest BCUT2D eigenvalue weighted by Crippen LogP contribution is -2.29. The fourth-order valence-electron chi connectivity index (χ4n) is 2.27. The van der Waals surface area contributed by atoms with Gasteiger partial charge in [0.25, 0.3) is 5.91 Å². The van der Waals surface area contributed by atoms with Crippen molar-refractivity contribution in [3.8, 4) is 0 Å². The number of carbonyl (C=O) groups excluding carboxylic acids is 1. The first-order chi connectivity index (χ1) is 8.90. The molecule has 1 aromatic rings. The van der Waals surface area contributed by atoms with Crippen LogP contribution in [0.1, 0.15) is 17.3 Å². The Hall–Kier alpha value is -1.62.